The summed E-state index contributed by atoms with van der Waals surface area (Å²) in [7, 11) is 0. The van der Waals surface area contributed by atoms with Crippen molar-refractivity contribution in [1.29, 1.82) is 0 Å². The first kappa shape index (κ1) is 22.8. The summed E-state index contributed by atoms with van der Waals surface area (Å²) in [5.74, 6) is -1.72. The molecule has 0 heterocycles. The molecule has 2 aliphatic rings. The number of carboxylic acid groups (broad SMARTS) is 1. The van der Waals surface area contributed by atoms with Gasteiger partial charge in [-0.25, -0.2) is 9.59 Å². The van der Waals surface area contributed by atoms with Crippen LogP contribution in [0.2, 0.25) is 0 Å². The van der Waals surface area contributed by atoms with Gasteiger partial charge in [-0.3, -0.25) is 4.79 Å². The quantitative estimate of drug-likeness (QED) is 0.616. The first-order chi connectivity index (χ1) is 15.8. The van der Waals surface area contributed by atoms with E-state index in [1.165, 1.54) is 25.0 Å². The van der Waals surface area contributed by atoms with Crippen LogP contribution in [0.3, 0.4) is 0 Å². The molecule has 2 aromatic rings. The highest BCUT2D eigenvalue weighted by molar-refractivity contribution is 5.87. The zero-order valence-electron chi connectivity index (χ0n) is 19.0. The lowest BCUT2D eigenvalue weighted by atomic mass is 9.84. The molecule has 2 atom stereocenters. The van der Waals surface area contributed by atoms with Crippen LogP contribution in [0.4, 0.5) is 4.79 Å². The van der Waals surface area contributed by atoms with Gasteiger partial charge in [0.25, 0.3) is 0 Å². The van der Waals surface area contributed by atoms with Gasteiger partial charge in [0.05, 0.1) is 0 Å². The van der Waals surface area contributed by atoms with Gasteiger partial charge in [0.15, 0.2) is 0 Å². The van der Waals surface area contributed by atoms with E-state index in [9.17, 15) is 19.5 Å². The number of nitrogens with one attached hydrogen (secondary N) is 2. The predicted octanol–water partition coefficient (Wildman–Crippen LogP) is 4.06. The second-order valence-electron chi connectivity index (χ2n) is 9.45. The third-order valence-electron chi connectivity index (χ3n) is 6.68. The Labute approximate surface area is 193 Å². The van der Waals surface area contributed by atoms with E-state index in [-0.39, 0.29) is 30.4 Å². The minimum absolute atomic E-state index is 0.00807. The SMILES string of the molecule is CC(C)(NC(=O)[C@H]1CCC[C@@H](NC(=O)OCC2c3ccccc3-c3ccccc32)C1)C(=O)O. The van der Waals surface area contributed by atoms with Gasteiger partial charge < -0.3 is 20.5 Å². The number of aliphatic carboxylic acids is 1. The fourth-order valence-electron chi connectivity index (χ4n) is 4.83. The zero-order valence-corrected chi connectivity index (χ0v) is 19.0. The van der Waals surface area contributed by atoms with Crippen LogP contribution in [-0.4, -0.2) is 41.3 Å². The fourth-order valence-corrected chi connectivity index (χ4v) is 4.83. The molecule has 2 aromatic carbocycles. The Morgan fingerprint density at radius 3 is 2.21 bits per heavy atom. The standard InChI is InChI=1S/C26H30N2O5/c1-26(2,24(30)31)28-23(29)16-8-7-9-17(14-16)27-25(32)33-15-22-20-12-5-3-10-18(20)19-11-4-6-13-21(19)22/h3-6,10-13,16-17,22H,7-9,14-15H2,1-2H3,(H,27,32)(H,28,29)(H,30,31)/t16-,17+/m0/s1. The van der Waals surface area contributed by atoms with E-state index in [2.05, 4.69) is 34.9 Å². The number of benzene rings is 2. The minimum atomic E-state index is -1.33. The Kier molecular flexibility index (Phi) is 6.40. The van der Waals surface area contributed by atoms with E-state index in [0.29, 0.717) is 12.8 Å². The van der Waals surface area contributed by atoms with Crippen molar-refractivity contribution >= 4 is 18.0 Å². The van der Waals surface area contributed by atoms with Crippen molar-refractivity contribution in [2.24, 2.45) is 5.92 Å². The van der Waals surface area contributed by atoms with Gasteiger partial charge in [-0.1, -0.05) is 55.0 Å². The lowest BCUT2D eigenvalue weighted by Gasteiger charge is -2.31. The highest BCUT2D eigenvalue weighted by Crippen LogP contribution is 2.44. The molecular weight excluding hydrogens is 420 g/mol. The molecule has 7 nitrogen and oxygen atoms in total. The Balaban J connectivity index is 1.33. The topological polar surface area (TPSA) is 105 Å². The molecule has 1 saturated carbocycles. The average molecular weight is 451 g/mol. The van der Waals surface area contributed by atoms with Crippen LogP contribution < -0.4 is 10.6 Å². The number of rotatable bonds is 6. The summed E-state index contributed by atoms with van der Waals surface area (Å²) in [4.78, 5) is 36.4. The van der Waals surface area contributed by atoms with Gasteiger partial charge in [0.1, 0.15) is 12.1 Å². The minimum Gasteiger partial charge on any atom is -0.480 e. The fraction of sp³-hybridized carbons (Fsp3) is 0.423. The van der Waals surface area contributed by atoms with Crippen molar-refractivity contribution in [3.8, 4) is 11.1 Å². The number of amides is 2. The van der Waals surface area contributed by atoms with Crippen molar-refractivity contribution < 1.29 is 24.2 Å². The molecule has 0 aliphatic heterocycles. The van der Waals surface area contributed by atoms with Crippen molar-refractivity contribution in [2.75, 3.05) is 6.61 Å². The van der Waals surface area contributed by atoms with E-state index in [1.807, 2.05) is 24.3 Å². The molecule has 2 amide bonds. The van der Waals surface area contributed by atoms with Gasteiger partial charge in [-0.05, 0) is 55.4 Å². The number of carboxylic acids is 1. The van der Waals surface area contributed by atoms with E-state index >= 15 is 0 Å². The van der Waals surface area contributed by atoms with Crippen molar-refractivity contribution in [3.05, 3.63) is 59.7 Å². The van der Waals surface area contributed by atoms with Gasteiger partial charge in [0, 0.05) is 17.9 Å². The van der Waals surface area contributed by atoms with Crippen LogP contribution in [0.5, 0.6) is 0 Å². The summed E-state index contributed by atoms with van der Waals surface area (Å²) < 4.78 is 5.62. The Morgan fingerprint density at radius 2 is 1.61 bits per heavy atom. The molecule has 0 bridgehead atoms. The van der Waals surface area contributed by atoms with Crippen molar-refractivity contribution in [2.45, 2.75) is 57.0 Å². The summed E-state index contributed by atoms with van der Waals surface area (Å²) in [5.41, 5.74) is 3.33. The second-order valence-corrected chi connectivity index (χ2v) is 9.45. The summed E-state index contributed by atoms with van der Waals surface area (Å²) >= 11 is 0. The predicted molar refractivity (Wildman–Crippen MR) is 124 cm³/mol. The van der Waals surface area contributed by atoms with Gasteiger partial charge >= 0.3 is 12.1 Å². The molecule has 2 aliphatic carbocycles. The molecule has 174 valence electrons. The summed E-state index contributed by atoms with van der Waals surface area (Å²) in [6, 6.07) is 16.2. The number of alkyl carbamates (subject to hydrolysis) is 1. The number of fused-ring (bicyclic) bond motifs is 3. The number of hydrogen-bond donors (Lipinski definition) is 3. The van der Waals surface area contributed by atoms with Gasteiger partial charge in [0.2, 0.25) is 5.91 Å². The molecule has 1 fully saturated rings. The van der Waals surface area contributed by atoms with Gasteiger partial charge in [-0.15, -0.1) is 0 Å². The summed E-state index contributed by atoms with van der Waals surface area (Å²) in [6.07, 6.45) is 2.18. The molecule has 0 unspecified atom stereocenters. The van der Waals surface area contributed by atoms with Crippen LogP contribution in [0.1, 0.15) is 56.6 Å². The number of carbonyl (C=O) groups is 3. The maximum atomic E-state index is 12.6. The van der Waals surface area contributed by atoms with Crippen molar-refractivity contribution in [3.63, 3.8) is 0 Å². The van der Waals surface area contributed by atoms with Crippen LogP contribution in [-0.2, 0) is 14.3 Å². The lowest BCUT2D eigenvalue weighted by Crippen LogP contribution is -2.53. The lowest BCUT2D eigenvalue weighted by molar-refractivity contribution is -0.146. The third kappa shape index (κ3) is 4.87. The van der Waals surface area contributed by atoms with Crippen LogP contribution in [0.25, 0.3) is 11.1 Å². The molecule has 7 heteroatoms. The van der Waals surface area contributed by atoms with Crippen LogP contribution >= 0.6 is 0 Å². The number of hydrogen-bond acceptors (Lipinski definition) is 4. The second kappa shape index (κ2) is 9.25. The Bertz CT molecular complexity index is 1020. The molecular formula is C26H30N2O5. The highest BCUT2D eigenvalue weighted by atomic mass is 16.5. The van der Waals surface area contributed by atoms with Crippen molar-refractivity contribution in [1.82, 2.24) is 10.6 Å². The highest BCUT2D eigenvalue weighted by Gasteiger charge is 2.35. The average Bonchev–Trinajstić information content (AvgIpc) is 3.11. The molecule has 0 radical (unpaired) electrons. The third-order valence-corrected chi connectivity index (χ3v) is 6.68. The van der Waals surface area contributed by atoms with E-state index < -0.39 is 17.6 Å². The monoisotopic (exact) mass is 450 g/mol. The first-order valence-electron chi connectivity index (χ1n) is 11.4. The normalized spacial score (nSPS) is 19.8. The largest absolute Gasteiger partial charge is 0.480 e. The first-order valence-corrected chi connectivity index (χ1v) is 11.4. The summed E-state index contributed by atoms with van der Waals surface area (Å²) in [5, 5.41) is 14.7. The van der Waals surface area contributed by atoms with Crippen LogP contribution in [0.15, 0.2) is 48.5 Å². The zero-order chi connectivity index (χ0) is 23.6. The Hall–Kier alpha value is -3.35. The van der Waals surface area contributed by atoms with E-state index in [0.717, 1.165) is 24.0 Å². The number of carbonyl (C=O) groups excluding carboxylic acids is 2. The van der Waals surface area contributed by atoms with Gasteiger partial charge in [-0.2, -0.15) is 0 Å². The van der Waals surface area contributed by atoms with Crippen LogP contribution in [0, 0.1) is 5.92 Å². The molecule has 0 saturated heterocycles. The smallest absolute Gasteiger partial charge is 0.407 e. The number of ether oxygens (including phenoxy) is 1. The summed E-state index contributed by atoms with van der Waals surface area (Å²) in [6.45, 7) is 3.16. The molecule has 4 rings (SSSR count). The van der Waals surface area contributed by atoms with E-state index in [1.54, 1.807) is 0 Å². The molecule has 0 spiro atoms. The molecule has 33 heavy (non-hydrogen) atoms. The maximum Gasteiger partial charge on any atom is 0.407 e. The maximum absolute atomic E-state index is 12.6. The van der Waals surface area contributed by atoms with E-state index in [4.69, 9.17) is 4.74 Å². The Morgan fingerprint density at radius 1 is 1.00 bits per heavy atom. The molecule has 3 N–H and O–H groups in total. The molecule has 0 aromatic heterocycles.